The number of nitrogens with zero attached hydrogens (tertiary/aromatic N) is 4. The molecule has 3 heterocycles. The Morgan fingerprint density at radius 3 is 2.65 bits per heavy atom. The number of fused-ring (bicyclic) bond motifs is 1. The fourth-order valence-electron chi connectivity index (χ4n) is 3.12. The first-order valence-corrected chi connectivity index (χ1v) is 11.6. The second kappa shape index (κ2) is 8.61. The second-order valence-electron chi connectivity index (χ2n) is 6.87. The summed E-state index contributed by atoms with van der Waals surface area (Å²) in [4.78, 5) is 13.1. The highest BCUT2D eigenvalue weighted by atomic mass is 79.9. The number of nitrogens with one attached hydrogen (secondary N) is 2. The topological polar surface area (TPSA) is 110 Å². The van der Waals surface area contributed by atoms with Crippen molar-refractivity contribution in [3.8, 4) is 0 Å². The molecule has 1 amide bonds. The van der Waals surface area contributed by atoms with Crippen molar-refractivity contribution in [2.75, 3.05) is 6.54 Å². The van der Waals surface area contributed by atoms with E-state index in [2.05, 4.69) is 36.2 Å². The molecule has 0 saturated carbocycles. The van der Waals surface area contributed by atoms with Gasteiger partial charge in [-0.05, 0) is 17.7 Å². The number of sulfonamides is 1. The average molecular weight is 503 g/mol. The maximum absolute atomic E-state index is 13.0. The molecule has 1 atom stereocenters. The summed E-state index contributed by atoms with van der Waals surface area (Å²) in [5.74, 6) is -0.359. The van der Waals surface area contributed by atoms with Crippen LogP contribution < -0.4 is 10.0 Å². The number of rotatable bonds is 7. The Hall–Kier alpha value is -3.02. The lowest BCUT2D eigenvalue weighted by molar-refractivity contribution is 0.0938. The molecule has 31 heavy (non-hydrogen) atoms. The van der Waals surface area contributed by atoms with Crippen molar-refractivity contribution in [3.63, 3.8) is 0 Å². The highest BCUT2D eigenvalue weighted by Gasteiger charge is 2.22. The molecule has 4 rings (SSSR count). The quantitative estimate of drug-likeness (QED) is 0.402. The van der Waals surface area contributed by atoms with E-state index in [0.717, 1.165) is 10.0 Å². The standard InChI is InChI=1S/C20H19BrN6O3S/c1-26-13-16(10-22-26)31(29,30)24-12-18(14-5-3-2-4-6-14)25-20(28)17-11-23-27-8-7-15(21)9-19(17)27/h2-11,13,18,24H,12H2,1H3,(H,25,28). The minimum absolute atomic E-state index is 0.0319. The van der Waals surface area contributed by atoms with Crippen LogP contribution in [0.5, 0.6) is 0 Å². The Morgan fingerprint density at radius 2 is 1.94 bits per heavy atom. The highest BCUT2D eigenvalue weighted by Crippen LogP contribution is 2.19. The van der Waals surface area contributed by atoms with Crippen molar-refractivity contribution in [1.82, 2.24) is 29.4 Å². The number of halogens is 1. The summed E-state index contributed by atoms with van der Waals surface area (Å²) < 4.78 is 31.6. The lowest BCUT2D eigenvalue weighted by atomic mass is 10.1. The van der Waals surface area contributed by atoms with Gasteiger partial charge in [0.25, 0.3) is 5.91 Å². The minimum atomic E-state index is -3.78. The Morgan fingerprint density at radius 1 is 1.16 bits per heavy atom. The fraction of sp³-hybridized carbons (Fsp3) is 0.150. The van der Waals surface area contributed by atoms with Crippen molar-refractivity contribution >= 4 is 37.4 Å². The van der Waals surface area contributed by atoms with Crippen LogP contribution in [-0.2, 0) is 17.1 Å². The molecule has 0 fully saturated rings. The molecule has 0 radical (unpaired) electrons. The Bertz CT molecular complexity index is 1330. The van der Waals surface area contributed by atoms with E-state index in [4.69, 9.17) is 0 Å². The van der Waals surface area contributed by atoms with Gasteiger partial charge < -0.3 is 5.32 Å². The van der Waals surface area contributed by atoms with Crippen LogP contribution in [0.1, 0.15) is 22.0 Å². The molecule has 0 bridgehead atoms. The number of carbonyl (C=O) groups is 1. The van der Waals surface area contributed by atoms with E-state index in [-0.39, 0.29) is 17.3 Å². The van der Waals surface area contributed by atoms with Crippen LogP contribution in [-0.4, -0.2) is 40.3 Å². The van der Waals surface area contributed by atoms with Gasteiger partial charge in [-0.3, -0.25) is 9.48 Å². The van der Waals surface area contributed by atoms with Gasteiger partial charge in [0.05, 0.1) is 29.5 Å². The van der Waals surface area contributed by atoms with Crippen LogP contribution in [0.15, 0.2) is 76.6 Å². The molecular formula is C20H19BrN6O3S. The van der Waals surface area contributed by atoms with Crippen LogP contribution in [0.25, 0.3) is 5.52 Å². The van der Waals surface area contributed by atoms with Crippen molar-refractivity contribution in [3.05, 3.63) is 82.9 Å². The zero-order valence-electron chi connectivity index (χ0n) is 16.4. The maximum atomic E-state index is 13.0. The van der Waals surface area contributed by atoms with Gasteiger partial charge in [0.15, 0.2) is 0 Å². The molecule has 4 aromatic rings. The molecular weight excluding hydrogens is 484 g/mol. The van der Waals surface area contributed by atoms with Crippen molar-refractivity contribution in [2.24, 2.45) is 7.05 Å². The zero-order chi connectivity index (χ0) is 22.0. The van der Waals surface area contributed by atoms with E-state index in [0.29, 0.717) is 11.1 Å². The van der Waals surface area contributed by atoms with Gasteiger partial charge in [0, 0.05) is 30.5 Å². The first-order chi connectivity index (χ1) is 14.8. The van der Waals surface area contributed by atoms with E-state index in [9.17, 15) is 13.2 Å². The largest absolute Gasteiger partial charge is 0.344 e. The lowest BCUT2D eigenvalue weighted by Crippen LogP contribution is -2.37. The van der Waals surface area contributed by atoms with Crippen LogP contribution in [0.2, 0.25) is 0 Å². The third-order valence-corrected chi connectivity index (χ3v) is 6.58. The summed E-state index contributed by atoms with van der Waals surface area (Å²) in [6.45, 7) is -0.0319. The summed E-state index contributed by atoms with van der Waals surface area (Å²) in [6, 6.07) is 12.2. The average Bonchev–Trinajstić information content (AvgIpc) is 3.38. The molecule has 3 aromatic heterocycles. The molecule has 1 unspecified atom stereocenters. The van der Waals surface area contributed by atoms with Gasteiger partial charge in [-0.1, -0.05) is 46.3 Å². The summed E-state index contributed by atoms with van der Waals surface area (Å²) in [5.41, 5.74) is 1.79. The summed E-state index contributed by atoms with van der Waals surface area (Å²) >= 11 is 3.40. The smallest absolute Gasteiger partial charge is 0.255 e. The Labute approximate surface area is 187 Å². The molecule has 0 spiro atoms. The van der Waals surface area contributed by atoms with Gasteiger partial charge in [-0.2, -0.15) is 10.2 Å². The third-order valence-electron chi connectivity index (χ3n) is 4.70. The van der Waals surface area contributed by atoms with Crippen LogP contribution in [0, 0.1) is 0 Å². The first-order valence-electron chi connectivity index (χ1n) is 9.30. The molecule has 0 saturated heterocycles. The molecule has 11 heteroatoms. The summed E-state index contributed by atoms with van der Waals surface area (Å²) in [7, 11) is -2.14. The highest BCUT2D eigenvalue weighted by molar-refractivity contribution is 9.10. The maximum Gasteiger partial charge on any atom is 0.255 e. The molecule has 160 valence electrons. The molecule has 0 aliphatic heterocycles. The number of aromatic nitrogens is 4. The van der Waals surface area contributed by atoms with E-state index < -0.39 is 16.1 Å². The fourth-order valence-corrected chi connectivity index (χ4v) is 4.48. The van der Waals surface area contributed by atoms with Crippen LogP contribution in [0.4, 0.5) is 0 Å². The lowest BCUT2D eigenvalue weighted by Gasteiger charge is -2.19. The normalized spacial score (nSPS) is 12.7. The van der Waals surface area contributed by atoms with Gasteiger partial charge in [0.1, 0.15) is 4.90 Å². The van der Waals surface area contributed by atoms with Crippen molar-refractivity contribution in [1.29, 1.82) is 0 Å². The minimum Gasteiger partial charge on any atom is -0.344 e. The predicted octanol–water partition coefficient (Wildman–Crippen LogP) is 2.28. The zero-order valence-corrected chi connectivity index (χ0v) is 18.8. The molecule has 0 aliphatic carbocycles. The molecule has 2 N–H and O–H groups in total. The van der Waals surface area contributed by atoms with Gasteiger partial charge >= 0.3 is 0 Å². The number of carbonyl (C=O) groups excluding carboxylic acids is 1. The third kappa shape index (κ3) is 4.68. The first kappa shape index (κ1) is 21.2. The Kier molecular flexibility index (Phi) is 5.90. The van der Waals surface area contributed by atoms with Crippen LogP contribution in [0.3, 0.4) is 0 Å². The van der Waals surface area contributed by atoms with E-state index in [1.54, 1.807) is 23.8 Å². The predicted molar refractivity (Wildman–Crippen MR) is 118 cm³/mol. The number of pyridine rings is 1. The molecule has 0 aliphatic rings. The van der Waals surface area contributed by atoms with Crippen molar-refractivity contribution < 1.29 is 13.2 Å². The van der Waals surface area contributed by atoms with E-state index in [1.807, 2.05) is 36.4 Å². The Balaban J connectivity index is 1.58. The summed E-state index contributed by atoms with van der Waals surface area (Å²) in [5, 5.41) is 11.0. The monoisotopic (exact) mass is 502 g/mol. The van der Waals surface area contributed by atoms with Gasteiger partial charge in [-0.15, -0.1) is 0 Å². The van der Waals surface area contributed by atoms with Crippen molar-refractivity contribution in [2.45, 2.75) is 10.9 Å². The van der Waals surface area contributed by atoms with E-state index >= 15 is 0 Å². The number of benzene rings is 1. The second-order valence-corrected chi connectivity index (χ2v) is 9.55. The van der Waals surface area contributed by atoms with E-state index in [1.165, 1.54) is 23.3 Å². The molecule has 1 aromatic carbocycles. The van der Waals surface area contributed by atoms with Crippen LogP contribution >= 0.6 is 15.9 Å². The SMILES string of the molecule is Cn1cc(S(=O)(=O)NCC(NC(=O)c2cnn3ccc(Br)cc23)c2ccccc2)cn1. The molecule has 9 nitrogen and oxygen atoms in total. The number of hydrogen-bond donors (Lipinski definition) is 2. The van der Waals surface area contributed by atoms with Gasteiger partial charge in [-0.25, -0.2) is 17.7 Å². The van der Waals surface area contributed by atoms with Gasteiger partial charge in [0.2, 0.25) is 10.0 Å². The number of aryl methyl sites for hydroxylation is 1. The number of hydrogen-bond acceptors (Lipinski definition) is 5. The summed E-state index contributed by atoms with van der Waals surface area (Å²) in [6.07, 6.45) is 5.91. The number of amides is 1.